The summed E-state index contributed by atoms with van der Waals surface area (Å²) in [4.78, 5) is 16.9. The number of aromatic nitrogens is 1. The van der Waals surface area contributed by atoms with Crippen molar-refractivity contribution in [2.75, 3.05) is 11.9 Å². The molecule has 4 rings (SSSR count). The summed E-state index contributed by atoms with van der Waals surface area (Å²) in [5, 5.41) is 7.14. The van der Waals surface area contributed by atoms with Gasteiger partial charge >= 0.3 is 0 Å². The third kappa shape index (κ3) is 3.72. The lowest BCUT2D eigenvalue weighted by Gasteiger charge is -2.07. The average Bonchev–Trinajstić information content (AvgIpc) is 3.27. The van der Waals surface area contributed by atoms with Crippen molar-refractivity contribution < 1.29 is 9.53 Å². The summed E-state index contributed by atoms with van der Waals surface area (Å²) >= 11 is 8.91. The molecule has 0 aliphatic heterocycles. The largest absolute Gasteiger partial charge is 0.484 e. The minimum absolute atomic E-state index is 0.0706. The first-order chi connectivity index (χ1) is 12.7. The van der Waals surface area contributed by atoms with Crippen molar-refractivity contribution in [2.24, 2.45) is 0 Å². The average molecular weight is 401 g/mol. The van der Waals surface area contributed by atoms with Gasteiger partial charge in [-0.3, -0.25) is 4.79 Å². The van der Waals surface area contributed by atoms with Crippen LogP contribution in [0.3, 0.4) is 0 Å². The molecule has 0 atom stereocenters. The fraction of sp³-hybridized carbons (Fsp3) is 0.0526. The van der Waals surface area contributed by atoms with Crippen LogP contribution in [0.2, 0.25) is 5.02 Å². The molecule has 0 unspecified atom stereocenters. The van der Waals surface area contributed by atoms with E-state index in [9.17, 15) is 4.79 Å². The highest BCUT2D eigenvalue weighted by Crippen LogP contribution is 2.37. The van der Waals surface area contributed by atoms with E-state index < -0.39 is 0 Å². The first-order valence-corrected chi connectivity index (χ1v) is 9.88. The predicted octanol–water partition coefficient (Wildman–Crippen LogP) is 5.70. The number of benzene rings is 2. The van der Waals surface area contributed by atoms with Gasteiger partial charge in [0.05, 0.1) is 10.2 Å². The van der Waals surface area contributed by atoms with E-state index in [0.717, 1.165) is 25.8 Å². The van der Waals surface area contributed by atoms with E-state index in [2.05, 4.69) is 10.3 Å². The number of fused-ring (bicyclic) bond motifs is 1. The van der Waals surface area contributed by atoms with Crippen molar-refractivity contribution >= 4 is 55.4 Å². The van der Waals surface area contributed by atoms with Gasteiger partial charge in [0.15, 0.2) is 6.61 Å². The predicted molar refractivity (Wildman–Crippen MR) is 109 cm³/mol. The fourth-order valence-electron chi connectivity index (χ4n) is 2.40. The van der Waals surface area contributed by atoms with Gasteiger partial charge in [0, 0.05) is 10.6 Å². The van der Waals surface area contributed by atoms with Gasteiger partial charge < -0.3 is 10.1 Å². The standard InChI is InChI=1S/C19H13ClN2O2S2/c20-12-5-7-13(8-6-12)24-11-17(23)22-18-14(9-10-25-18)19-21-15-3-1-2-4-16(15)26-19/h1-10H,11H2,(H,22,23). The van der Waals surface area contributed by atoms with E-state index in [1.165, 1.54) is 11.3 Å². The van der Waals surface area contributed by atoms with Crippen LogP contribution < -0.4 is 10.1 Å². The molecule has 0 aliphatic rings. The molecule has 4 nitrogen and oxygen atoms in total. The molecule has 0 saturated carbocycles. The minimum Gasteiger partial charge on any atom is -0.484 e. The third-order valence-electron chi connectivity index (χ3n) is 3.63. The highest BCUT2D eigenvalue weighted by molar-refractivity contribution is 7.22. The molecule has 0 saturated heterocycles. The summed E-state index contributed by atoms with van der Waals surface area (Å²) in [6, 6.07) is 16.9. The Morgan fingerprint density at radius 2 is 1.92 bits per heavy atom. The van der Waals surface area contributed by atoms with Crippen LogP contribution in [0.15, 0.2) is 60.0 Å². The number of halogens is 1. The second-order valence-corrected chi connectivity index (χ2v) is 7.82. The summed E-state index contributed by atoms with van der Waals surface area (Å²) in [6.45, 7) is -0.0706. The Hall–Kier alpha value is -2.41. The number of thiazole rings is 1. The number of amides is 1. The number of nitrogens with zero attached hydrogens (tertiary/aromatic N) is 1. The Morgan fingerprint density at radius 1 is 1.12 bits per heavy atom. The van der Waals surface area contributed by atoms with Crippen LogP contribution in [0, 0.1) is 0 Å². The van der Waals surface area contributed by atoms with E-state index in [1.54, 1.807) is 35.6 Å². The maximum atomic E-state index is 12.2. The number of ether oxygens (including phenoxy) is 1. The quantitative estimate of drug-likeness (QED) is 0.467. The molecule has 1 N–H and O–H groups in total. The van der Waals surface area contributed by atoms with Crippen LogP contribution >= 0.6 is 34.3 Å². The monoisotopic (exact) mass is 400 g/mol. The van der Waals surface area contributed by atoms with Crippen LogP contribution in [-0.2, 0) is 4.79 Å². The van der Waals surface area contributed by atoms with E-state index in [-0.39, 0.29) is 12.5 Å². The molecule has 7 heteroatoms. The molecular weight excluding hydrogens is 388 g/mol. The van der Waals surface area contributed by atoms with E-state index in [4.69, 9.17) is 16.3 Å². The van der Waals surface area contributed by atoms with Crippen LogP contribution in [0.25, 0.3) is 20.8 Å². The first kappa shape index (κ1) is 17.0. The van der Waals surface area contributed by atoms with Gasteiger partial charge in [-0.25, -0.2) is 4.98 Å². The summed E-state index contributed by atoms with van der Waals surface area (Å²) in [5.74, 6) is 0.381. The first-order valence-electron chi connectivity index (χ1n) is 7.81. The van der Waals surface area contributed by atoms with Crippen LogP contribution in [0.5, 0.6) is 5.75 Å². The van der Waals surface area contributed by atoms with Gasteiger partial charge in [-0.2, -0.15) is 0 Å². The fourth-order valence-corrected chi connectivity index (χ4v) is 4.40. The SMILES string of the molecule is O=C(COc1ccc(Cl)cc1)Nc1sccc1-c1nc2ccccc2s1. The number of nitrogens with one attached hydrogen (secondary N) is 1. The number of carbonyl (C=O) groups excluding carboxylic acids is 1. The Bertz CT molecular complexity index is 1020. The van der Waals surface area contributed by atoms with Gasteiger partial charge in [0.25, 0.3) is 5.91 Å². The number of hydrogen-bond acceptors (Lipinski definition) is 5. The lowest BCUT2D eigenvalue weighted by Crippen LogP contribution is -2.19. The zero-order valence-electron chi connectivity index (χ0n) is 13.4. The molecular formula is C19H13ClN2O2S2. The van der Waals surface area contributed by atoms with Crippen LogP contribution in [-0.4, -0.2) is 17.5 Å². The molecule has 0 bridgehead atoms. The van der Waals surface area contributed by atoms with Gasteiger partial charge in [0.1, 0.15) is 15.8 Å². The smallest absolute Gasteiger partial charge is 0.262 e. The van der Waals surface area contributed by atoms with Gasteiger partial charge in [-0.05, 0) is 47.8 Å². The second kappa shape index (κ2) is 7.45. The molecule has 0 aliphatic carbocycles. The van der Waals surface area contributed by atoms with Gasteiger partial charge in [-0.1, -0.05) is 23.7 Å². The van der Waals surface area contributed by atoms with Crippen molar-refractivity contribution in [3.8, 4) is 16.3 Å². The molecule has 0 fully saturated rings. The molecule has 1 amide bonds. The summed E-state index contributed by atoms with van der Waals surface area (Å²) in [5.41, 5.74) is 1.89. The topological polar surface area (TPSA) is 51.2 Å². The van der Waals surface area contributed by atoms with Crippen LogP contribution in [0.4, 0.5) is 5.00 Å². The number of anilines is 1. The molecule has 2 heterocycles. The van der Waals surface area contributed by atoms with Gasteiger partial charge in [0.2, 0.25) is 0 Å². The molecule has 2 aromatic heterocycles. The van der Waals surface area contributed by atoms with E-state index >= 15 is 0 Å². The Balaban J connectivity index is 1.46. The molecule has 4 aromatic rings. The van der Waals surface area contributed by atoms with Crippen molar-refractivity contribution in [1.29, 1.82) is 0 Å². The maximum Gasteiger partial charge on any atom is 0.262 e. The molecule has 2 aromatic carbocycles. The molecule has 0 radical (unpaired) electrons. The number of carbonyl (C=O) groups is 1. The van der Waals surface area contributed by atoms with E-state index in [0.29, 0.717) is 10.8 Å². The minimum atomic E-state index is -0.218. The summed E-state index contributed by atoms with van der Waals surface area (Å²) < 4.78 is 6.61. The van der Waals surface area contributed by atoms with Crippen LogP contribution in [0.1, 0.15) is 0 Å². The number of thiophene rings is 1. The molecule has 0 spiro atoms. The highest BCUT2D eigenvalue weighted by atomic mass is 35.5. The summed E-state index contributed by atoms with van der Waals surface area (Å²) in [7, 11) is 0. The second-order valence-electron chi connectivity index (χ2n) is 5.44. The Labute approximate surface area is 163 Å². The van der Waals surface area contributed by atoms with Crippen molar-refractivity contribution in [3.63, 3.8) is 0 Å². The summed E-state index contributed by atoms with van der Waals surface area (Å²) in [6.07, 6.45) is 0. The van der Waals surface area contributed by atoms with Crippen molar-refractivity contribution in [1.82, 2.24) is 4.98 Å². The number of hydrogen-bond donors (Lipinski definition) is 1. The number of rotatable bonds is 5. The molecule has 130 valence electrons. The van der Waals surface area contributed by atoms with E-state index in [1.807, 2.05) is 35.7 Å². The zero-order chi connectivity index (χ0) is 17.9. The number of para-hydroxylation sites is 1. The van der Waals surface area contributed by atoms with Crippen molar-refractivity contribution in [3.05, 3.63) is 65.0 Å². The van der Waals surface area contributed by atoms with Crippen molar-refractivity contribution in [2.45, 2.75) is 0 Å². The Kier molecular flexibility index (Phi) is 4.88. The third-order valence-corrected chi connectivity index (χ3v) is 5.78. The maximum absolute atomic E-state index is 12.2. The zero-order valence-corrected chi connectivity index (χ0v) is 15.8. The highest BCUT2D eigenvalue weighted by Gasteiger charge is 2.14. The Morgan fingerprint density at radius 3 is 2.73 bits per heavy atom. The molecule has 26 heavy (non-hydrogen) atoms. The lowest BCUT2D eigenvalue weighted by molar-refractivity contribution is -0.118. The van der Waals surface area contributed by atoms with Gasteiger partial charge in [-0.15, -0.1) is 22.7 Å². The normalized spacial score (nSPS) is 10.8. The lowest BCUT2D eigenvalue weighted by atomic mass is 10.3.